The van der Waals surface area contributed by atoms with Crippen molar-refractivity contribution in [2.75, 3.05) is 19.6 Å². The molecular formula is C9H19N2. The van der Waals surface area contributed by atoms with Crippen LogP contribution in [0.4, 0.5) is 0 Å². The molecule has 0 aromatic heterocycles. The Labute approximate surface area is 69.9 Å². The highest BCUT2D eigenvalue weighted by Crippen LogP contribution is 2.03. The van der Waals surface area contributed by atoms with Crippen LogP contribution in [0, 0.1) is 0 Å². The molecule has 11 heavy (non-hydrogen) atoms. The van der Waals surface area contributed by atoms with E-state index < -0.39 is 0 Å². The molecule has 0 unspecified atom stereocenters. The Bertz CT molecular complexity index is 87.6. The minimum Gasteiger partial charge on any atom is -0.227 e. The zero-order valence-corrected chi connectivity index (χ0v) is 7.55. The standard InChI is InChI=1S/C9H19N2/c1-2-3-4-5-8-11-9-6-7-10-11/h2-9H2,1H3. The summed E-state index contributed by atoms with van der Waals surface area (Å²) in [6.07, 6.45) is 6.69. The highest BCUT2D eigenvalue weighted by molar-refractivity contribution is 4.60. The third-order valence-electron chi connectivity index (χ3n) is 2.14. The molecule has 0 spiro atoms. The second kappa shape index (κ2) is 5.56. The second-order valence-electron chi connectivity index (χ2n) is 3.23. The van der Waals surface area contributed by atoms with Gasteiger partial charge < -0.3 is 0 Å². The molecule has 1 aliphatic rings. The van der Waals surface area contributed by atoms with E-state index in [0.29, 0.717) is 0 Å². The molecule has 0 atom stereocenters. The maximum Gasteiger partial charge on any atom is 0.0319 e. The van der Waals surface area contributed by atoms with Gasteiger partial charge in [-0.2, -0.15) is 5.43 Å². The Morgan fingerprint density at radius 2 is 2.18 bits per heavy atom. The third-order valence-corrected chi connectivity index (χ3v) is 2.14. The van der Waals surface area contributed by atoms with Crippen molar-refractivity contribution in [2.45, 2.75) is 39.0 Å². The van der Waals surface area contributed by atoms with Crippen molar-refractivity contribution in [3.05, 3.63) is 0 Å². The van der Waals surface area contributed by atoms with Gasteiger partial charge in [0, 0.05) is 19.6 Å². The van der Waals surface area contributed by atoms with Gasteiger partial charge in [-0.25, -0.2) is 5.01 Å². The smallest absolute Gasteiger partial charge is 0.0319 e. The first kappa shape index (κ1) is 9.01. The monoisotopic (exact) mass is 155 g/mol. The van der Waals surface area contributed by atoms with Crippen molar-refractivity contribution in [1.29, 1.82) is 0 Å². The number of hydrogen-bond donors (Lipinski definition) is 0. The van der Waals surface area contributed by atoms with E-state index in [1.807, 2.05) is 0 Å². The van der Waals surface area contributed by atoms with Crippen LogP contribution in [0.2, 0.25) is 0 Å². The molecular weight excluding hydrogens is 136 g/mol. The Hall–Kier alpha value is -0.0800. The average molecular weight is 155 g/mol. The van der Waals surface area contributed by atoms with E-state index in [1.165, 1.54) is 45.2 Å². The topological polar surface area (TPSA) is 17.3 Å². The highest BCUT2D eigenvalue weighted by atomic mass is 15.5. The molecule has 1 rings (SSSR count). The summed E-state index contributed by atoms with van der Waals surface area (Å²) < 4.78 is 0. The molecule has 2 nitrogen and oxygen atoms in total. The number of nitrogens with zero attached hydrogens (tertiary/aromatic N) is 2. The van der Waals surface area contributed by atoms with Gasteiger partial charge in [-0.15, -0.1) is 0 Å². The molecule has 0 saturated carbocycles. The largest absolute Gasteiger partial charge is 0.227 e. The summed E-state index contributed by atoms with van der Waals surface area (Å²) in [6.45, 7) is 5.71. The lowest BCUT2D eigenvalue weighted by Crippen LogP contribution is -2.25. The van der Waals surface area contributed by atoms with Gasteiger partial charge in [-0.1, -0.05) is 26.2 Å². The molecule has 1 fully saturated rings. The predicted octanol–water partition coefficient (Wildman–Crippen LogP) is 1.79. The van der Waals surface area contributed by atoms with Gasteiger partial charge in [-0.05, 0) is 12.8 Å². The van der Waals surface area contributed by atoms with E-state index in [1.54, 1.807) is 0 Å². The van der Waals surface area contributed by atoms with Crippen LogP contribution < -0.4 is 5.43 Å². The van der Waals surface area contributed by atoms with Crippen molar-refractivity contribution in [2.24, 2.45) is 0 Å². The van der Waals surface area contributed by atoms with Crippen molar-refractivity contribution >= 4 is 0 Å². The molecule has 0 amide bonds. The van der Waals surface area contributed by atoms with Crippen LogP contribution in [0.3, 0.4) is 0 Å². The Morgan fingerprint density at radius 3 is 2.82 bits per heavy atom. The summed E-state index contributed by atoms with van der Waals surface area (Å²) >= 11 is 0. The van der Waals surface area contributed by atoms with Crippen molar-refractivity contribution < 1.29 is 0 Å². The van der Waals surface area contributed by atoms with E-state index in [9.17, 15) is 0 Å². The average Bonchev–Trinajstić information content (AvgIpc) is 2.50. The minimum atomic E-state index is 1.06. The molecule has 0 aromatic carbocycles. The Balaban J connectivity index is 1.86. The first-order valence-corrected chi connectivity index (χ1v) is 4.86. The van der Waals surface area contributed by atoms with Crippen LogP contribution in [0.15, 0.2) is 0 Å². The molecule has 1 saturated heterocycles. The van der Waals surface area contributed by atoms with E-state index >= 15 is 0 Å². The second-order valence-corrected chi connectivity index (χ2v) is 3.23. The fourth-order valence-electron chi connectivity index (χ4n) is 1.44. The maximum absolute atomic E-state index is 4.37. The molecule has 0 aromatic rings. The third kappa shape index (κ3) is 3.73. The van der Waals surface area contributed by atoms with Gasteiger partial charge in [0.25, 0.3) is 0 Å². The fraction of sp³-hybridized carbons (Fsp3) is 1.00. The van der Waals surface area contributed by atoms with Crippen LogP contribution in [-0.2, 0) is 0 Å². The normalized spacial score (nSPS) is 19.4. The molecule has 1 aliphatic heterocycles. The van der Waals surface area contributed by atoms with Crippen molar-refractivity contribution in [3.63, 3.8) is 0 Å². The van der Waals surface area contributed by atoms with Gasteiger partial charge in [-0.3, -0.25) is 0 Å². The summed E-state index contributed by atoms with van der Waals surface area (Å²) in [5.74, 6) is 0. The minimum absolute atomic E-state index is 1.06. The van der Waals surface area contributed by atoms with E-state index in [-0.39, 0.29) is 0 Å². The molecule has 1 heterocycles. The highest BCUT2D eigenvalue weighted by Gasteiger charge is 2.10. The predicted molar refractivity (Wildman–Crippen MR) is 47.3 cm³/mol. The van der Waals surface area contributed by atoms with Crippen LogP contribution in [0.1, 0.15) is 39.0 Å². The number of rotatable bonds is 5. The zero-order valence-electron chi connectivity index (χ0n) is 7.55. The molecule has 65 valence electrons. The van der Waals surface area contributed by atoms with Gasteiger partial charge in [0.15, 0.2) is 0 Å². The summed E-state index contributed by atoms with van der Waals surface area (Å²) in [5.41, 5.74) is 4.37. The molecule has 1 radical (unpaired) electrons. The quantitative estimate of drug-likeness (QED) is 0.553. The van der Waals surface area contributed by atoms with E-state index in [0.717, 1.165) is 6.54 Å². The van der Waals surface area contributed by atoms with E-state index in [2.05, 4.69) is 17.4 Å². The van der Waals surface area contributed by atoms with Gasteiger partial charge >= 0.3 is 0 Å². The fourth-order valence-corrected chi connectivity index (χ4v) is 1.44. The first-order valence-electron chi connectivity index (χ1n) is 4.86. The molecule has 2 heteroatoms. The number of unbranched alkanes of at least 4 members (excludes halogenated alkanes) is 3. The van der Waals surface area contributed by atoms with Crippen molar-refractivity contribution in [3.8, 4) is 0 Å². The first-order chi connectivity index (χ1) is 5.43. The van der Waals surface area contributed by atoms with Crippen LogP contribution in [0.5, 0.6) is 0 Å². The van der Waals surface area contributed by atoms with Crippen LogP contribution >= 0.6 is 0 Å². The SMILES string of the molecule is CCCCCCN1CCC[N]1. The summed E-state index contributed by atoms with van der Waals surface area (Å²) in [4.78, 5) is 0. The van der Waals surface area contributed by atoms with Gasteiger partial charge in [0.1, 0.15) is 0 Å². The lowest BCUT2D eigenvalue weighted by atomic mass is 10.2. The van der Waals surface area contributed by atoms with Crippen LogP contribution in [0.25, 0.3) is 0 Å². The summed E-state index contributed by atoms with van der Waals surface area (Å²) in [7, 11) is 0. The van der Waals surface area contributed by atoms with Gasteiger partial charge in [0.2, 0.25) is 0 Å². The molecule has 0 bridgehead atoms. The maximum atomic E-state index is 4.37. The molecule has 0 N–H and O–H groups in total. The summed E-state index contributed by atoms with van der Waals surface area (Å²) in [5, 5.41) is 2.23. The number of hydrogen-bond acceptors (Lipinski definition) is 1. The Morgan fingerprint density at radius 1 is 1.27 bits per heavy atom. The lowest BCUT2D eigenvalue weighted by molar-refractivity contribution is 0.240. The van der Waals surface area contributed by atoms with Gasteiger partial charge in [0.05, 0.1) is 0 Å². The molecule has 0 aliphatic carbocycles. The Kier molecular flexibility index (Phi) is 4.55. The van der Waals surface area contributed by atoms with Crippen molar-refractivity contribution in [1.82, 2.24) is 10.4 Å². The van der Waals surface area contributed by atoms with Crippen LogP contribution in [-0.4, -0.2) is 24.6 Å². The summed E-state index contributed by atoms with van der Waals surface area (Å²) in [6, 6.07) is 0. The van der Waals surface area contributed by atoms with E-state index in [4.69, 9.17) is 0 Å². The lowest BCUT2D eigenvalue weighted by Gasteiger charge is -2.11. The zero-order chi connectivity index (χ0) is 7.94.